The van der Waals surface area contributed by atoms with Crippen molar-refractivity contribution in [2.24, 2.45) is 5.73 Å². The van der Waals surface area contributed by atoms with Gasteiger partial charge >= 0.3 is 0 Å². The number of nitrogens with two attached hydrogens (primary N) is 1. The molecule has 7 heteroatoms. The number of hydrogen-bond acceptors (Lipinski definition) is 6. The van der Waals surface area contributed by atoms with E-state index in [1.807, 2.05) is 25.7 Å². The quantitative estimate of drug-likeness (QED) is 0.865. The number of rotatable bonds is 2. The molecule has 1 fully saturated rings. The fourth-order valence-electron chi connectivity index (χ4n) is 2.86. The lowest BCUT2D eigenvalue weighted by molar-refractivity contribution is -0.119. The number of fused-ring (bicyclic) bond motifs is 1. The third-order valence-electron chi connectivity index (χ3n) is 4.00. The number of amides is 1. The van der Waals surface area contributed by atoms with Gasteiger partial charge in [0, 0.05) is 17.8 Å². The first-order valence-corrected chi connectivity index (χ1v) is 7.68. The van der Waals surface area contributed by atoms with E-state index in [1.54, 1.807) is 11.3 Å². The Morgan fingerprint density at radius 1 is 1.38 bits per heavy atom. The predicted octanol–water partition coefficient (Wildman–Crippen LogP) is 1.04. The number of carbonyl (C=O) groups excluding carboxylic acids is 1. The molecule has 0 saturated carbocycles. The molecule has 0 spiro atoms. The van der Waals surface area contributed by atoms with Gasteiger partial charge in [0.15, 0.2) is 0 Å². The smallest absolute Gasteiger partial charge is 0.240 e. The molecule has 3 heterocycles. The molecular formula is C14H18N4O2S. The van der Waals surface area contributed by atoms with E-state index in [-0.39, 0.29) is 0 Å². The summed E-state index contributed by atoms with van der Waals surface area (Å²) in [5.41, 5.74) is 6.60. The second-order valence-electron chi connectivity index (χ2n) is 5.52. The van der Waals surface area contributed by atoms with E-state index in [9.17, 15) is 9.90 Å². The summed E-state index contributed by atoms with van der Waals surface area (Å²) in [4.78, 5) is 24.6. The molecule has 2 atom stereocenters. The van der Waals surface area contributed by atoms with Gasteiger partial charge < -0.3 is 15.7 Å². The first-order chi connectivity index (χ1) is 9.88. The van der Waals surface area contributed by atoms with Crippen molar-refractivity contribution in [2.45, 2.75) is 39.3 Å². The molecule has 3 N–H and O–H groups in total. The second kappa shape index (κ2) is 4.92. The molecular weight excluding hydrogens is 288 g/mol. The number of carbonyl (C=O) groups is 1. The molecule has 0 aliphatic carbocycles. The van der Waals surface area contributed by atoms with Crippen LogP contribution in [0.2, 0.25) is 0 Å². The number of anilines is 1. The molecule has 0 unspecified atom stereocenters. The molecule has 6 nitrogen and oxygen atoms in total. The number of β-amino-alcohol motifs (C(OH)–C–C–N with tert-alkyl or cyclic N) is 1. The van der Waals surface area contributed by atoms with E-state index >= 15 is 0 Å². The molecule has 21 heavy (non-hydrogen) atoms. The van der Waals surface area contributed by atoms with Crippen LogP contribution in [0.1, 0.15) is 22.7 Å². The van der Waals surface area contributed by atoms with Crippen LogP contribution in [0.4, 0.5) is 5.82 Å². The Balaban J connectivity index is 2.21. The first kappa shape index (κ1) is 14.2. The molecule has 1 amide bonds. The maximum absolute atomic E-state index is 11.7. The summed E-state index contributed by atoms with van der Waals surface area (Å²) in [6, 6.07) is -0.517. The largest absolute Gasteiger partial charge is 0.391 e. The minimum Gasteiger partial charge on any atom is -0.391 e. The van der Waals surface area contributed by atoms with Gasteiger partial charge in [0.05, 0.1) is 11.5 Å². The Labute approximate surface area is 126 Å². The highest BCUT2D eigenvalue weighted by atomic mass is 32.1. The lowest BCUT2D eigenvalue weighted by Crippen LogP contribution is -2.41. The van der Waals surface area contributed by atoms with Crippen molar-refractivity contribution in [2.75, 3.05) is 11.4 Å². The van der Waals surface area contributed by atoms with Gasteiger partial charge in [-0.2, -0.15) is 0 Å². The van der Waals surface area contributed by atoms with Crippen molar-refractivity contribution in [3.05, 3.63) is 16.3 Å². The fraction of sp³-hybridized carbons (Fsp3) is 0.500. The Morgan fingerprint density at radius 2 is 2.10 bits per heavy atom. The van der Waals surface area contributed by atoms with Gasteiger partial charge in [0.2, 0.25) is 5.91 Å². The number of aliphatic hydroxyl groups excluding tert-OH is 1. The molecule has 2 aromatic rings. The zero-order valence-corrected chi connectivity index (χ0v) is 13.1. The van der Waals surface area contributed by atoms with Crippen LogP contribution in [0.25, 0.3) is 10.2 Å². The number of hydrogen-bond donors (Lipinski definition) is 2. The van der Waals surface area contributed by atoms with Gasteiger partial charge in [0.1, 0.15) is 22.5 Å². The summed E-state index contributed by atoms with van der Waals surface area (Å²) in [6.45, 7) is 6.28. The minimum absolute atomic E-state index is 0.349. The second-order valence-corrected chi connectivity index (χ2v) is 6.72. The lowest BCUT2D eigenvalue weighted by Gasteiger charge is -2.24. The molecule has 1 aliphatic rings. The van der Waals surface area contributed by atoms with E-state index in [0.717, 1.165) is 15.8 Å². The third kappa shape index (κ3) is 2.26. The Kier molecular flexibility index (Phi) is 3.33. The number of thiophene rings is 1. The lowest BCUT2D eigenvalue weighted by atomic mass is 10.1. The zero-order chi connectivity index (χ0) is 15.3. The summed E-state index contributed by atoms with van der Waals surface area (Å²) in [5.74, 6) is 0.934. The van der Waals surface area contributed by atoms with Gasteiger partial charge in [-0.3, -0.25) is 4.79 Å². The molecule has 0 bridgehead atoms. The Bertz CT molecular complexity index is 727. The number of aromatic nitrogens is 2. The topological polar surface area (TPSA) is 92.3 Å². The summed E-state index contributed by atoms with van der Waals surface area (Å²) < 4.78 is 0. The van der Waals surface area contributed by atoms with E-state index in [4.69, 9.17) is 5.73 Å². The van der Waals surface area contributed by atoms with Crippen LogP contribution in [0.5, 0.6) is 0 Å². The van der Waals surface area contributed by atoms with Crippen molar-refractivity contribution < 1.29 is 9.90 Å². The molecule has 0 radical (unpaired) electrons. The van der Waals surface area contributed by atoms with Crippen LogP contribution in [0.3, 0.4) is 0 Å². The van der Waals surface area contributed by atoms with Gasteiger partial charge in [-0.25, -0.2) is 9.97 Å². The van der Waals surface area contributed by atoms with Crippen LogP contribution in [-0.2, 0) is 4.79 Å². The van der Waals surface area contributed by atoms with Crippen molar-refractivity contribution >= 4 is 33.3 Å². The molecule has 0 aromatic carbocycles. The zero-order valence-electron chi connectivity index (χ0n) is 12.3. The van der Waals surface area contributed by atoms with Crippen LogP contribution in [0.15, 0.2) is 0 Å². The van der Waals surface area contributed by atoms with E-state index in [0.29, 0.717) is 24.6 Å². The molecule has 1 saturated heterocycles. The van der Waals surface area contributed by atoms with E-state index < -0.39 is 18.1 Å². The maximum Gasteiger partial charge on any atom is 0.240 e. The third-order valence-corrected chi connectivity index (χ3v) is 5.10. The van der Waals surface area contributed by atoms with Crippen molar-refractivity contribution in [1.29, 1.82) is 0 Å². The normalized spacial score (nSPS) is 22.2. The highest BCUT2D eigenvalue weighted by molar-refractivity contribution is 7.18. The van der Waals surface area contributed by atoms with E-state index in [1.165, 1.54) is 4.88 Å². The number of nitrogens with zero attached hydrogens (tertiary/aromatic N) is 3. The minimum atomic E-state index is -0.562. The van der Waals surface area contributed by atoms with Gasteiger partial charge in [-0.05, 0) is 26.3 Å². The van der Waals surface area contributed by atoms with Gasteiger partial charge in [-0.1, -0.05) is 0 Å². The molecule has 3 rings (SSSR count). The van der Waals surface area contributed by atoms with Crippen molar-refractivity contribution in [3.63, 3.8) is 0 Å². The highest BCUT2D eigenvalue weighted by Gasteiger charge is 2.37. The van der Waals surface area contributed by atoms with Crippen LogP contribution in [0, 0.1) is 20.8 Å². The average molecular weight is 306 g/mol. The van der Waals surface area contributed by atoms with Gasteiger partial charge in [0.25, 0.3) is 0 Å². The summed E-state index contributed by atoms with van der Waals surface area (Å²) in [7, 11) is 0. The molecule has 2 aromatic heterocycles. The highest BCUT2D eigenvalue weighted by Crippen LogP contribution is 2.37. The summed E-state index contributed by atoms with van der Waals surface area (Å²) in [6.07, 6.45) is -0.213. The van der Waals surface area contributed by atoms with Crippen LogP contribution in [-0.4, -0.2) is 39.7 Å². The van der Waals surface area contributed by atoms with Gasteiger partial charge in [-0.15, -0.1) is 11.3 Å². The Morgan fingerprint density at radius 3 is 2.76 bits per heavy atom. The number of primary amides is 1. The fourth-order valence-corrected chi connectivity index (χ4v) is 3.93. The average Bonchev–Trinajstić information content (AvgIpc) is 2.91. The summed E-state index contributed by atoms with van der Waals surface area (Å²) >= 11 is 1.62. The molecule has 112 valence electrons. The van der Waals surface area contributed by atoms with Crippen molar-refractivity contribution in [1.82, 2.24) is 9.97 Å². The monoisotopic (exact) mass is 306 g/mol. The maximum atomic E-state index is 11.7. The SMILES string of the molecule is Cc1nc(N2C[C@@H](O)C[C@H]2C(N)=O)c2c(C)c(C)sc2n1. The predicted molar refractivity (Wildman–Crippen MR) is 82.6 cm³/mol. The number of aliphatic hydroxyl groups is 1. The van der Waals surface area contributed by atoms with Crippen LogP contribution < -0.4 is 10.6 Å². The molecule has 1 aliphatic heterocycles. The summed E-state index contributed by atoms with van der Waals surface area (Å²) in [5, 5.41) is 10.9. The van der Waals surface area contributed by atoms with Crippen molar-refractivity contribution in [3.8, 4) is 0 Å². The first-order valence-electron chi connectivity index (χ1n) is 6.87. The van der Waals surface area contributed by atoms with Crippen LogP contribution >= 0.6 is 11.3 Å². The Hall–Kier alpha value is -1.73. The van der Waals surface area contributed by atoms with E-state index in [2.05, 4.69) is 9.97 Å². The standard InChI is InChI=1S/C14H18N4O2S/c1-6-7(2)21-14-11(6)13(16-8(3)17-14)18-5-9(19)4-10(18)12(15)20/h9-10,19H,4-5H2,1-3H3,(H2,15,20)/t9-,10-/m0/s1. The number of aryl methyl sites for hydroxylation is 3.